The molecule has 0 radical (unpaired) electrons. The van der Waals surface area contributed by atoms with Crippen LogP contribution in [0.1, 0.15) is 5.56 Å². The Hall–Kier alpha value is -0.790. The van der Waals surface area contributed by atoms with Crippen molar-refractivity contribution in [3.8, 4) is 0 Å². The Morgan fingerprint density at radius 3 is 2.64 bits per heavy atom. The van der Waals surface area contributed by atoms with E-state index < -0.39 is 0 Å². The van der Waals surface area contributed by atoms with E-state index in [0.29, 0.717) is 11.9 Å². The number of alkyl halides is 1. The van der Waals surface area contributed by atoms with E-state index in [4.69, 9.17) is 11.6 Å². The van der Waals surface area contributed by atoms with Crippen LogP contribution in [0, 0.1) is 0 Å². The highest BCUT2D eigenvalue weighted by Crippen LogP contribution is 2.04. The molecule has 0 aliphatic heterocycles. The van der Waals surface area contributed by atoms with E-state index in [1.165, 1.54) is 5.56 Å². The zero-order valence-corrected chi connectivity index (χ0v) is 9.00. The van der Waals surface area contributed by atoms with Crippen molar-refractivity contribution in [1.82, 2.24) is 5.32 Å². The Bertz CT molecular complexity index is 258. The van der Waals surface area contributed by atoms with Gasteiger partial charge in [-0.2, -0.15) is 0 Å². The first-order valence-corrected chi connectivity index (χ1v) is 5.34. The first kappa shape index (κ1) is 11.3. The molecule has 0 heterocycles. The summed E-state index contributed by atoms with van der Waals surface area (Å²) in [6, 6.07) is 10.7. The summed E-state index contributed by atoms with van der Waals surface area (Å²) < 4.78 is 0. The normalized spacial score (nSPS) is 12.4. The maximum atomic E-state index is 5.86. The van der Waals surface area contributed by atoms with E-state index >= 15 is 0 Å². The molecule has 0 fully saturated rings. The molecule has 1 N–H and O–H groups in total. The van der Waals surface area contributed by atoms with E-state index in [1.807, 2.05) is 24.3 Å². The molecule has 0 aliphatic carbocycles. The third-order valence-electron chi connectivity index (χ3n) is 2.06. The van der Waals surface area contributed by atoms with Gasteiger partial charge in [0.1, 0.15) is 0 Å². The molecule has 1 aromatic carbocycles. The van der Waals surface area contributed by atoms with Crippen molar-refractivity contribution in [2.24, 2.45) is 0 Å². The average molecular weight is 210 g/mol. The van der Waals surface area contributed by atoms with Crippen LogP contribution in [-0.4, -0.2) is 18.5 Å². The molecule has 0 aliphatic rings. The van der Waals surface area contributed by atoms with Crippen LogP contribution in [-0.2, 0) is 6.42 Å². The largest absolute Gasteiger partial charge is 0.309 e. The summed E-state index contributed by atoms with van der Waals surface area (Å²) in [4.78, 5) is 0. The Morgan fingerprint density at radius 2 is 2.07 bits per heavy atom. The summed E-state index contributed by atoms with van der Waals surface area (Å²) >= 11 is 5.86. The van der Waals surface area contributed by atoms with E-state index in [2.05, 4.69) is 24.0 Å². The minimum Gasteiger partial charge on any atom is -0.309 e. The molecule has 2 heteroatoms. The fourth-order valence-corrected chi connectivity index (χ4v) is 1.55. The standard InChI is InChI=1S/C12H16ClN/c1-2-8-14-12(10-13)9-11-6-4-3-5-7-11/h2-7,12,14H,1,8-10H2. The maximum absolute atomic E-state index is 5.86. The molecule has 14 heavy (non-hydrogen) atoms. The van der Waals surface area contributed by atoms with Crippen molar-refractivity contribution in [3.05, 3.63) is 48.6 Å². The van der Waals surface area contributed by atoms with Crippen LogP contribution < -0.4 is 5.32 Å². The second-order valence-corrected chi connectivity index (χ2v) is 3.55. The summed E-state index contributed by atoms with van der Waals surface area (Å²) in [5, 5.41) is 3.32. The van der Waals surface area contributed by atoms with Crippen molar-refractivity contribution < 1.29 is 0 Å². The van der Waals surface area contributed by atoms with E-state index in [1.54, 1.807) is 0 Å². The van der Waals surface area contributed by atoms with Gasteiger partial charge in [-0.15, -0.1) is 18.2 Å². The van der Waals surface area contributed by atoms with Crippen LogP contribution in [0.15, 0.2) is 43.0 Å². The molecule has 1 rings (SSSR count). The molecule has 1 nitrogen and oxygen atoms in total. The second kappa shape index (κ2) is 6.63. The van der Waals surface area contributed by atoms with Gasteiger partial charge in [-0.25, -0.2) is 0 Å². The van der Waals surface area contributed by atoms with Gasteiger partial charge >= 0.3 is 0 Å². The third kappa shape index (κ3) is 3.95. The van der Waals surface area contributed by atoms with Crippen LogP contribution in [0.2, 0.25) is 0 Å². The number of hydrogen-bond donors (Lipinski definition) is 1. The van der Waals surface area contributed by atoms with Gasteiger partial charge in [0.05, 0.1) is 0 Å². The lowest BCUT2D eigenvalue weighted by Crippen LogP contribution is -2.32. The third-order valence-corrected chi connectivity index (χ3v) is 2.43. The highest BCUT2D eigenvalue weighted by Gasteiger charge is 2.05. The second-order valence-electron chi connectivity index (χ2n) is 3.24. The minimum absolute atomic E-state index is 0.331. The van der Waals surface area contributed by atoms with Gasteiger partial charge in [-0.1, -0.05) is 36.4 Å². The molecule has 0 aromatic heterocycles. The molecule has 76 valence electrons. The number of rotatable bonds is 6. The molecular weight excluding hydrogens is 194 g/mol. The number of nitrogens with one attached hydrogen (secondary N) is 1. The maximum Gasteiger partial charge on any atom is 0.0380 e. The van der Waals surface area contributed by atoms with Crippen LogP contribution in [0.25, 0.3) is 0 Å². The van der Waals surface area contributed by atoms with Crippen LogP contribution >= 0.6 is 11.6 Å². The molecule has 0 saturated carbocycles. The lowest BCUT2D eigenvalue weighted by molar-refractivity contribution is 0.586. The molecule has 1 aromatic rings. The van der Waals surface area contributed by atoms with Gasteiger partial charge in [0.25, 0.3) is 0 Å². The SMILES string of the molecule is C=CCNC(CCl)Cc1ccccc1. The van der Waals surface area contributed by atoms with Crippen LogP contribution in [0.4, 0.5) is 0 Å². The van der Waals surface area contributed by atoms with Gasteiger partial charge in [-0.05, 0) is 12.0 Å². The van der Waals surface area contributed by atoms with Crippen molar-refractivity contribution in [2.75, 3.05) is 12.4 Å². The molecule has 1 atom stereocenters. The highest BCUT2D eigenvalue weighted by atomic mass is 35.5. The van der Waals surface area contributed by atoms with Gasteiger partial charge in [0.2, 0.25) is 0 Å². The van der Waals surface area contributed by atoms with Gasteiger partial charge in [0.15, 0.2) is 0 Å². The molecule has 0 bridgehead atoms. The molecule has 0 spiro atoms. The van der Waals surface area contributed by atoms with Crippen LogP contribution in [0.5, 0.6) is 0 Å². The zero-order chi connectivity index (χ0) is 10.2. The monoisotopic (exact) mass is 209 g/mol. The molecule has 0 amide bonds. The predicted octanol–water partition coefficient (Wildman–Crippen LogP) is 2.61. The first-order valence-electron chi connectivity index (χ1n) is 4.81. The van der Waals surface area contributed by atoms with Gasteiger partial charge in [0, 0.05) is 18.5 Å². The summed E-state index contributed by atoms with van der Waals surface area (Å²) in [5.74, 6) is 0.628. The summed E-state index contributed by atoms with van der Waals surface area (Å²) in [7, 11) is 0. The topological polar surface area (TPSA) is 12.0 Å². The number of hydrogen-bond acceptors (Lipinski definition) is 1. The Balaban J connectivity index is 2.44. The summed E-state index contributed by atoms with van der Waals surface area (Å²) in [6.45, 7) is 4.48. The van der Waals surface area contributed by atoms with E-state index in [-0.39, 0.29) is 0 Å². The van der Waals surface area contributed by atoms with Crippen molar-refractivity contribution in [2.45, 2.75) is 12.5 Å². The molecular formula is C12H16ClN. The highest BCUT2D eigenvalue weighted by molar-refractivity contribution is 6.18. The van der Waals surface area contributed by atoms with Crippen molar-refractivity contribution in [3.63, 3.8) is 0 Å². The zero-order valence-electron chi connectivity index (χ0n) is 8.25. The van der Waals surface area contributed by atoms with E-state index in [9.17, 15) is 0 Å². The van der Waals surface area contributed by atoms with E-state index in [0.717, 1.165) is 13.0 Å². The molecule has 1 unspecified atom stereocenters. The van der Waals surface area contributed by atoms with Gasteiger partial charge in [-0.3, -0.25) is 0 Å². The summed E-state index contributed by atoms with van der Waals surface area (Å²) in [5.41, 5.74) is 1.31. The average Bonchev–Trinajstić information content (AvgIpc) is 2.25. The lowest BCUT2D eigenvalue weighted by atomic mass is 10.1. The Labute approximate surface area is 90.8 Å². The smallest absolute Gasteiger partial charge is 0.0380 e. The fraction of sp³-hybridized carbons (Fsp3) is 0.333. The van der Waals surface area contributed by atoms with Gasteiger partial charge < -0.3 is 5.32 Å². The quantitative estimate of drug-likeness (QED) is 0.561. The number of benzene rings is 1. The van der Waals surface area contributed by atoms with Crippen LogP contribution in [0.3, 0.4) is 0 Å². The Kier molecular flexibility index (Phi) is 5.35. The number of halogens is 1. The van der Waals surface area contributed by atoms with Crippen molar-refractivity contribution in [1.29, 1.82) is 0 Å². The fourth-order valence-electron chi connectivity index (χ4n) is 1.33. The lowest BCUT2D eigenvalue weighted by Gasteiger charge is -2.14. The summed E-state index contributed by atoms with van der Waals surface area (Å²) in [6.07, 6.45) is 2.82. The van der Waals surface area contributed by atoms with Crippen molar-refractivity contribution >= 4 is 11.6 Å². The predicted molar refractivity (Wildman–Crippen MR) is 62.9 cm³/mol. The first-order chi connectivity index (χ1) is 6.86. The Morgan fingerprint density at radius 1 is 1.36 bits per heavy atom. The minimum atomic E-state index is 0.331. The molecule has 0 saturated heterocycles.